The van der Waals surface area contributed by atoms with Crippen molar-refractivity contribution in [3.63, 3.8) is 0 Å². The van der Waals surface area contributed by atoms with Gasteiger partial charge in [0, 0.05) is 17.5 Å². The molecule has 1 aliphatic carbocycles. The molecule has 3 rings (SSSR count). The number of nitrogens with zero attached hydrogens (tertiary/aromatic N) is 1. The Hall–Kier alpha value is -2.54. The van der Waals surface area contributed by atoms with E-state index in [1.807, 2.05) is 24.3 Å². The van der Waals surface area contributed by atoms with E-state index in [0.29, 0.717) is 11.4 Å². The number of nitriles is 1. The maximum atomic E-state index is 9.59. The summed E-state index contributed by atoms with van der Waals surface area (Å²) in [5.74, 6) is 1.34. The van der Waals surface area contributed by atoms with E-state index in [-0.39, 0.29) is 0 Å². The van der Waals surface area contributed by atoms with E-state index in [2.05, 4.69) is 18.0 Å². The van der Waals surface area contributed by atoms with Gasteiger partial charge in [-0.1, -0.05) is 25.5 Å². The lowest BCUT2D eigenvalue weighted by atomic mass is 9.86. The second-order valence-electron chi connectivity index (χ2n) is 6.29. The number of aromatic nitrogens is 1. The number of aromatic amines is 1. The third kappa shape index (κ3) is 3.21. The molecule has 0 radical (unpaired) electrons. The number of fused-ring (bicyclic) bond motifs is 1. The van der Waals surface area contributed by atoms with Crippen LogP contribution in [0.5, 0.6) is 5.75 Å². The summed E-state index contributed by atoms with van der Waals surface area (Å²) in [5.41, 5.74) is 11.1. The van der Waals surface area contributed by atoms with Crippen LogP contribution in [0.2, 0.25) is 0 Å². The van der Waals surface area contributed by atoms with Gasteiger partial charge in [-0.25, -0.2) is 4.98 Å². The summed E-state index contributed by atoms with van der Waals surface area (Å²) in [6.45, 7) is 2.89. The second kappa shape index (κ2) is 7.35. The van der Waals surface area contributed by atoms with Crippen LogP contribution in [0.25, 0.3) is 11.1 Å². The molecule has 0 bridgehead atoms. The molecule has 0 amide bonds. The lowest BCUT2D eigenvalue weighted by molar-refractivity contribution is -0.374. The van der Waals surface area contributed by atoms with Crippen LogP contribution in [0, 0.1) is 11.3 Å². The number of nitrogens with two attached hydrogens (primary N) is 1. The summed E-state index contributed by atoms with van der Waals surface area (Å²) >= 11 is 0. The van der Waals surface area contributed by atoms with E-state index >= 15 is 0 Å². The molecule has 2 aromatic rings. The van der Waals surface area contributed by atoms with Crippen molar-refractivity contribution in [3.8, 4) is 22.9 Å². The molecule has 1 aliphatic rings. The number of pyridine rings is 1. The Morgan fingerprint density at radius 2 is 1.96 bits per heavy atom. The van der Waals surface area contributed by atoms with E-state index in [1.165, 1.54) is 17.7 Å². The first-order valence-electron chi connectivity index (χ1n) is 8.74. The smallest absolute Gasteiger partial charge is 0.289 e. The molecule has 124 valence electrons. The van der Waals surface area contributed by atoms with E-state index < -0.39 is 0 Å². The first-order chi connectivity index (χ1) is 11.7. The van der Waals surface area contributed by atoms with Gasteiger partial charge in [-0.15, -0.1) is 0 Å². The van der Waals surface area contributed by atoms with E-state index in [0.717, 1.165) is 55.6 Å². The topological polar surface area (TPSA) is 73.2 Å². The molecule has 3 N–H and O–H groups in total. The van der Waals surface area contributed by atoms with Crippen LogP contribution in [0.15, 0.2) is 24.3 Å². The van der Waals surface area contributed by atoms with Gasteiger partial charge in [0.05, 0.1) is 6.61 Å². The number of anilines is 1. The van der Waals surface area contributed by atoms with Gasteiger partial charge < -0.3 is 4.74 Å². The summed E-state index contributed by atoms with van der Waals surface area (Å²) in [5, 5.41) is 9.59. The van der Waals surface area contributed by atoms with Crippen LogP contribution < -0.4 is 15.5 Å². The molecule has 4 heteroatoms. The fraction of sp³-hybridized carbons (Fsp3) is 0.400. The van der Waals surface area contributed by atoms with Crippen molar-refractivity contribution in [2.45, 2.75) is 45.4 Å². The Kier molecular flexibility index (Phi) is 5.00. The molecule has 0 saturated heterocycles. The molecular formula is C20H24N3O+. The minimum atomic E-state index is 0.469. The van der Waals surface area contributed by atoms with Crippen molar-refractivity contribution < 1.29 is 9.72 Å². The second-order valence-corrected chi connectivity index (χ2v) is 6.29. The molecular weight excluding hydrogens is 298 g/mol. The van der Waals surface area contributed by atoms with Crippen LogP contribution in [-0.2, 0) is 12.8 Å². The van der Waals surface area contributed by atoms with Gasteiger partial charge in [-0.3, -0.25) is 5.73 Å². The molecule has 1 aromatic heterocycles. The molecule has 0 spiro atoms. The van der Waals surface area contributed by atoms with Gasteiger partial charge in [-0.05, 0) is 43.4 Å². The van der Waals surface area contributed by atoms with Crippen molar-refractivity contribution in [2.75, 3.05) is 12.3 Å². The Labute approximate surface area is 143 Å². The van der Waals surface area contributed by atoms with E-state index in [1.54, 1.807) is 0 Å². The minimum absolute atomic E-state index is 0.469. The highest BCUT2D eigenvalue weighted by atomic mass is 16.5. The van der Waals surface area contributed by atoms with Gasteiger partial charge in [0.15, 0.2) is 0 Å². The average Bonchev–Trinajstić information content (AvgIpc) is 2.61. The highest BCUT2D eigenvalue weighted by molar-refractivity contribution is 5.78. The summed E-state index contributed by atoms with van der Waals surface area (Å²) in [4.78, 5) is 3.23. The van der Waals surface area contributed by atoms with Crippen molar-refractivity contribution >= 4 is 5.82 Å². The van der Waals surface area contributed by atoms with Crippen molar-refractivity contribution in [1.82, 2.24) is 0 Å². The quantitative estimate of drug-likeness (QED) is 0.853. The largest absolute Gasteiger partial charge is 0.494 e. The Bertz CT molecular complexity index is 760. The number of nitrogens with one attached hydrogen (secondary N) is 1. The molecule has 24 heavy (non-hydrogen) atoms. The predicted molar refractivity (Wildman–Crippen MR) is 94.6 cm³/mol. The van der Waals surface area contributed by atoms with Crippen LogP contribution in [0.3, 0.4) is 0 Å². The van der Waals surface area contributed by atoms with Gasteiger partial charge >= 0.3 is 0 Å². The fourth-order valence-corrected chi connectivity index (χ4v) is 3.32. The zero-order chi connectivity index (χ0) is 16.9. The number of unbranched alkanes of at least 4 members (excludes halogenated alkanes) is 1. The van der Waals surface area contributed by atoms with E-state index in [4.69, 9.17) is 10.5 Å². The van der Waals surface area contributed by atoms with Crippen LogP contribution in [0.1, 0.15) is 49.4 Å². The molecule has 0 unspecified atom stereocenters. The lowest BCUT2D eigenvalue weighted by Crippen LogP contribution is -2.24. The van der Waals surface area contributed by atoms with Crippen LogP contribution in [-0.4, -0.2) is 6.61 Å². The number of ether oxygens (including phenoxy) is 1. The van der Waals surface area contributed by atoms with E-state index in [9.17, 15) is 5.26 Å². The van der Waals surface area contributed by atoms with Gasteiger partial charge in [0.25, 0.3) is 5.82 Å². The molecule has 0 fully saturated rings. The molecule has 0 saturated carbocycles. The van der Waals surface area contributed by atoms with Gasteiger partial charge in [0.2, 0.25) is 0 Å². The fourth-order valence-electron chi connectivity index (χ4n) is 3.32. The molecule has 1 heterocycles. The first kappa shape index (κ1) is 16.3. The number of hydrogen-bond acceptors (Lipinski definition) is 3. The lowest BCUT2D eigenvalue weighted by Gasteiger charge is -2.19. The number of aryl methyl sites for hydroxylation is 1. The number of rotatable bonds is 5. The van der Waals surface area contributed by atoms with Crippen molar-refractivity contribution in [1.29, 1.82) is 5.26 Å². The summed E-state index contributed by atoms with van der Waals surface area (Å²) < 4.78 is 5.73. The molecule has 1 aromatic carbocycles. The third-order valence-electron chi connectivity index (χ3n) is 4.60. The predicted octanol–water partition coefficient (Wildman–Crippen LogP) is 3.68. The summed E-state index contributed by atoms with van der Waals surface area (Å²) in [6.07, 6.45) is 6.48. The highest BCUT2D eigenvalue weighted by Crippen LogP contribution is 2.34. The van der Waals surface area contributed by atoms with Gasteiger partial charge in [-0.2, -0.15) is 5.26 Å². The SMILES string of the molecule is CCCCOc1ccc(-c2c(C#N)c(N)[nH+]c3c2CCCC3)cc1. The average molecular weight is 322 g/mol. The number of nitrogen functional groups attached to an aromatic ring is 1. The summed E-state index contributed by atoms with van der Waals surface area (Å²) in [7, 11) is 0. The number of benzene rings is 1. The number of hydrogen-bond donors (Lipinski definition) is 1. The van der Waals surface area contributed by atoms with Crippen molar-refractivity contribution in [2.24, 2.45) is 0 Å². The van der Waals surface area contributed by atoms with Gasteiger partial charge in [0.1, 0.15) is 23.1 Å². The maximum Gasteiger partial charge on any atom is 0.289 e. The number of H-pyrrole nitrogens is 1. The highest BCUT2D eigenvalue weighted by Gasteiger charge is 2.24. The summed E-state index contributed by atoms with van der Waals surface area (Å²) in [6, 6.07) is 10.3. The normalized spacial score (nSPS) is 13.2. The minimum Gasteiger partial charge on any atom is -0.494 e. The zero-order valence-electron chi connectivity index (χ0n) is 14.2. The molecule has 4 nitrogen and oxygen atoms in total. The third-order valence-corrected chi connectivity index (χ3v) is 4.60. The Balaban J connectivity index is 1.99. The monoisotopic (exact) mass is 322 g/mol. The Morgan fingerprint density at radius 1 is 1.21 bits per heavy atom. The molecule has 0 aliphatic heterocycles. The van der Waals surface area contributed by atoms with Crippen LogP contribution >= 0.6 is 0 Å². The van der Waals surface area contributed by atoms with Crippen molar-refractivity contribution in [3.05, 3.63) is 41.1 Å². The Morgan fingerprint density at radius 3 is 2.67 bits per heavy atom. The first-order valence-corrected chi connectivity index (χ1v) is 8.74. The van der Waals surface area contributed by atoms with Crippen LogP contribution in [0.4, 0.5) is 5.82 Å². The molecule has 0 atom stereocenters. The zero-order valence-corrected chi connectivity index (χ0v) is 14.2. The standard InChI is InChI=1S/C20H23N3O/c1-2-3-12-24-15-10-8-14(9-11-15)19-16-6-4-5-7-18(16)23-20(22)17(19)13-21/h8-11H,2-7,12H2,1H3,(H2,22,23)/p+1. The maximum absolute atomic E-state index is 9.59.